The number of phenolic OH excluding ortho intramolecular Hbond substituents is 1. The minimum Gasteiger partial charge on any atom is -0.506 e. The van der Waals surface area contributed by atoms with E-state index in [4.69, 9.17) is 9.47 Å². The van der Waals surface area contributed by atoms with Crippen LogP contribution in [0.25, 0.3) is 0 Å². The van der Waals surface area contributed by atoms with Gasteiger partial charge in [-0.15, -0.1) is 0 Å². The van der Waals surface area contributed by atoms with E-state index in [9.17, 15) is 23.4 Å². The number of carbonyl (C=O) groups is 1. The van der Waals surface area contributed by atoms with Crippen molar-refractivity contribution in [1.29, 1.82) is 0 Å². The molecule has 1 fully saturated rings. The summed E-state index contributed by atoms with van der Waals surface area (Å²) in [4.78, 5) is 11.9. The number of hydrogen-bond donors (Lipinski definition) is 4. The lowest BCUT2D eigenvalue weighted by Gasteiger charge is -2.30. The normalized spacial score (nSPS) is 17.9. The van der Waals surface area contributed by atoms with E-state index in [-0.39, 0.29) is 29.8 Å². The van der Waals surface area contributed by atoms with E-state index in [2.05, 4.69) is 10.0 Å². The summed E-state index contributed by atoms with van der Waals surface area (Å²) in [5, 5.41) is 24.0. The third-order valence-electron chi connectivity index (χ3n) is 7.14. The second-order valence-electron chi connectivity index (χ2n) is 10.3. The standard InChI is InChI=1S/C31H38N2O7S/c1-2-39-31(36)25-10-8-23(9-11-25)24-12-14-26(15-13-24)32-19-27(34)20-40-28-16-17-30(35)29(18-28)33-41(37,38)21-22-6-4-3-5-7-22/h3-11,16-18,24,26-27,32-35H,2,12-15,19-21H2,1H3/t24-,26-,27-/m0/s1. The van der Waals surface area contributed by atoms with Crippen molar-refractivity contribution in [3.63, 3.8) is 0 Å². The van der Waals surface area contributed by atoms with Crippen molar-refractivity contribution in [2.75, 3.05) is 24.5 Å². The van der Waals surface area contributed by atoms with Gasteiger partial charge < -0.3 is 25.0 Å². The van der Waals surface area contributed by atoms with Crippen LogP contribution in [-0.4, -0.2) is 56.5 Å². The van der Waals surface area contributed by atoms with Crippen molar-refractivity contribution < 1.29 is 32.9 Å². The number of rotatable bonds is 13. The molecule has 1 saturated carbocycles. The van der Waals surface area contributed by atoms with E-state index in [1.54, 1.807) is 31.2 Å². The number of aliphatic hydroxyl groups is 1. The lowest BCUT2D eigenvalue weighted by atomic mass is 9.81. The second-order valence-corrected chi connectivity index (χ2v) is 12.0. The van der Waals surface area contributed by atoms with Crippen molar-refractivity contribution in [2.45, 2.75) is 56.4 Å². The summed E-state index contributed by atoms with van der Waals surface area (Å²) in [6, 6.07) is 21.0. The fraction of sp³-hybridized carbons (Fsp3) is 0.387. The molecule has 0 spiro atoms. The van der Waals surface area contributed by atoms with Gasteiger partial charge in [-0.25, -0.2) is 13.2 Å². The van der Waals surface area contributed by atoms with Gasteiger partial charge in [0.05, 0.1) is 23.6 Å². The number of aromatic hydroxyl groups is 1. The minimum atomic E-state index is -3.75. The number of ether oxygens (including phenoxy) is 2. The molecule has 9 nitrogen and oxygen atoms in total. The largest absolute Gasteiger partial charge is 0.506 e. The second kappa shape index (κ2) is 14.3. The van der Waals surface area contributed by atoms with Gasteiger partial charge in [0.15, 0.2) is 0 Å². The molecule has 220 valence electrons. The molecule has 0 aliphatic heterocycles. The van der Waals surface area contributed by atoms with Crippen molar-refractivity contribution in [3.05, 3.63) is 89.5 Å². The summed E-state index contributed by atoms with van der Waals surface area (Å²) in [6.07, 6.45) is 3.21. The van der Waals surface area contributed by atoms with E-state index < -0.39 is 16.1 Å². The number of benzene rings is 3. The highest BCUT2D eigenvalue weighted by molar-refractivity contribution is 7.91. The topological polar surface area (TPSA) is 134 Å². The van der Waals surface area contributed by atoms with Crippen molar-refractivity contribution in [3.8, 4) is 11.5 Å². The van der Waals surface area contributed by atoms with Crippen LogP contribution in [0, 0.1) is 0 Å². The number of sulfonamides is 1. The third kappa shape index (κ3) is 9.21. The summed E-state index contributed by atoms with van der Waals surface area (Å²) >= 11 is 0. The Hall–Kier alpha value is -3.60. The molecule has 1 aliphatic rings. The smallest absolute Gasteiger partial charge is 0.338 e. The number of esters is 1. The molecular weight excluding hydrogens is 544 g/mol. The van der Waals surface area contributed by atoms with Gasteiger partial charge in [-0.2, -0.15) is 0 Å². The first-order valence-electron chi connectivity index (χ1n) is 13.9. The van der Waals surface area contributed by atoms with E-state index in [1.165, 1.54) is 23.8 Å². The molecule has 4 rings (SSSR count). The lowest BCUT2D eigenvalue weighted by Crippen LogP contribution is -2.39. The maximum Gasteiger partial charge on any atom is 0.338 e. The van der Waals surface area contributed by atoms with E-state index in [1.807, 2.05) is 30.3 Å². The summed E-state index contributed by atoms with van der Waals surface area (Å²) in [7, 11) is -3.75. The average Bonchev–Trinajstić information content (AvgIpc) is 2.97. The maximum atomic E-state index is 12.6. The molecular formula is C31H38N2O7S. The number of phenols is 1. The van der Waals surface area contributed by atoms with E-state index >= 15 is 0 Å². The van der Waals surface area contributed by atoms with Gasteiger partial charge in [0.2, 0.25) is 10.0 Å². The van der Waals surface area contributed by atoms with Crippen LogP contribution in [0.5, 0.6) is 11.5 Å². The molecule has 0 amide bonds. The SMILES string of the molecule is CCOC(=O)c1ccc([C@H]2CC[C@H](NC[C@H](O)COc3ccc(O)c(NS(=O)(=O)Cc4ccccc4)c3)CC2)cc1. The quantitative estimate of drug-likeness (QED) is 0.170. The minimum absolute atomic E-state index is 0.0101. The molecule has 0 bridgehead atoms. The van der Waals surface area contributed by atoms with Crippen LogP contribution in [0.4, 0.5) is 5.69 Å². The van der Waals surface area contributed by atoms with Crippen LogP contribution in [0.15, 0.2) is 72.8 Å². The highest BCUT2D eigenvalue weighted by Gasteiger charge is 2.23. The number of carbonyl (C=O) groups excluding carboxylic acids is 1. The summed E-state index contributed by atoms with van der Waals surface area (Å²) < 4.78 is 38.3. The average molecular weight is 583 g/mol. The number of anilines is 1. The van der Waals surface area contributed by atoms with Gasteiger partial charge in [-0.1, -0.05) is 42.5 Å². The Labute approximate surface area is 241 Å². The van der Waals surface area contributed by atoms with Crippen LogP contribution in [-0.2, 0) is 20.5 Å². The first kappa shape index (κ1) is 30.4. The van der Waals surface area contributed by atoms with Gasteiger partial charge >= 0.3 is 5.97 Å². The molecule has 0 saturated heterocycles. The van der Waals surface area contributed by atoms with Gasteiger partial charge in [0, 0.05) is 18.7 Å². The Morgan fingerprint density at radius 2 is 1.71 bits per heavy atom. The molecule has 41 heavy (non-hydrogen) atoms. The van der Waals surface area contributed by atoms with Gasteiger partial charge in [-0.3, -0.25) is 4.72 Å². The van der Waals surface area contributed by atoms with E-state index in [0.717, 1.165) is 25.7 Å². The third-order valence-corrected chi connectivity index (χ3v) is 8.38. The van der Waals surface area contributed by atoms with Gasteiger partial charge in [0.1, 0.15) is 24.2 Å². The zero-order valence-corrected chi connectivity index (χ0v) is 24.0. The van der Waals surface area contributed by atoms with Crippen LogP contribution < -0.4 is 14.8 Å². The number of hydrogen-bond acceptors (Lipinski definition) is 8. The van der Waals surface area contributed by atoms with Crippen LogP contribution in [0.3, 0.4) is 0 Å². The molecule has 1 aliphatic carbocycles. The molecule has 0 heterocycles. The zero-order valence-electron chi connectivity index (χ0n) is 23.2. The molecule has 3 aromatic rings. The lowest BCUT2D eigenvalue weighted by molar-refractivity contribution is 0.0526. The molecule has 0 unspecified atom stereocenters. The monoisotopic (exact) mass is 582 g/mol. The Kier molecular flexibility index (Phi) is 10.6. The Balaban J connectivity index is 1.20. The molecule has 0 radical (unpaired) electrons. The van der Waals surface area contributed by atoms with Crippen molar-refractivity contribution >= 4 is 21.7 Å². The molecule has 3 aromatic carbocycles. The molecule has 10 heteroatoms. The van der Waals surface area contributed by atoms with E-state index in [0.29, 0.717) is 42.0 Å². The van der Waals surface area contributed by atoms with Crippen LogP contribution in [0.1, 0.15) is 60.0 Å². The van der Waals surface area contributed by atoms with Gasteiger partial charge in [0.25, 0.3) is 0 Å². The summed E-state index contributed by atoms with van der Waals surface area (Å²) in [5.74, 6) is 0.0116. The summed E-state index contributed by atoms with van der Waals surface area (Å²) in [6.45, 7) is 2.52. The predicted molar refractivity (Wildman–Crippen MR) is 158 cm³/mol. The Morgan fingerprint density at radius 3 is 2.39 bits per heavy atom. The molecule has 1 atom stereocenters. The Bertz CT molecular complexity index is 1370. The first-order valence-corrected chi connectivity index (χ1v) is 15.6. The predicted octanol–water partition coefficient (Wildman–Crippen LogP) is 4.57. The molecule has 0 aromatic heterocycles. The van der Waals surface area contributed by atoms with Crippen LogP contribution >= 0.6 is 0 Å². The number of aliphatic hydroxyl groups excluding tert-OH is 1. The van der Waals surface area contributed by atoms with Crippen molar-refractivity contribution in [1.82, 2.24) is 5.32 Å². The summed E-state index contributed by atoms with van der Waals surface area (Å²) in [5.41, 5.74) is 2.43. The van der Waals surface area contributed by atoms with Gasteiger partial charge in [-0.05, 0) is 73.9 Å². The number of nitrogens with one attached hydrogen (secondary N) is 2. The fourth-order valence-electron chi connectivity index (χ4n) is 4.97. The fourth-order valence-corrected chi connectivity index (χ4v) is 6.18. The highest BCUT2D eigenvalue weighted by Crippen LogP contribution is 2.33. The maximum absolute atomic E-state index is 12.6. The zero-order chi connectivity index (χ0) is 29.2. The highest BCUT2D eigenvalue weighted by atomic mass is 32.2. The van der Waals surface area contributed by atoms with Crippen molar-refractivity contribution in [2.24, 2.45) is 0 Å². The van der Waals surface area contributed by atoms with Crippen LogP contribution in [0.2, 0.25) is 0 Å². The first-order chi connectivity index (χ1) is 19.7. The molecule has 4 N–H and O–H groups in total. The Morgan fingerprint density at radius 1 is 1.00 bits per heavy atom.